The first-order valence-corrected chi connectivity index (χ1v) is 10.2. The summed E-state index contributed by atoms with van der Waals surface area (Å²) in [5.41, 5.74) is -0.274. The van der Waals surface area contributed by atoms with Crippen LogP contribution in [-0.4, -0.2) is 7.11 Å². The molecule has 0 heterocycles. The van der Waals surface area contributed by atoms with E-state index in [4.69, 9.17) is 4.74 Å². The van der Waals surface area contributed by atoms with E-state index in [1.165, 1.54) is 37.4 Å². The van der Waals surface area contributed by atoms with Gasteiger partial charge in [-0.05, 0) is 58.3 Å². The van der Waals surface area contributed by atoms with Crippen molar-refractivity contribution in [2.75, 3.05) is 7.11 Å². The van der Waals surface area contributed by atoms with Gasteiger partial charge in [0.25, 0.3) is 0 Å². The zero-order valence-electron chi connectivity index (χ0n) is 17.8. The van der Waals surface area contributed by atoms with E-state index in [-0.39, 0.29) is 33.0 Å². The van der Waals surface area contributed by atoms with Gasteiger partial charge in [0.15, 0.2) is 34.9 Å². The Morgan fingerprint density at radius 3 is 1.66 bits per heavy atom. The zero-order chi connectivity index (χ0) is 25.0. The molecule has 0 aliphatic heterocycles. The van der Waals surface area contributed by atoms with Crippen molar-refractivity contribution in [3.63, 3.8) is 0 Å². The van der Waals surface area contributed by atoms with Crippen LogP contribution in [0.15, 0.2) is 60.7 Å². The maximum atomic E-state index is 15.4. The molecule has 0 unspecified atom stereocenters. The molecule has 0 N–H and O–H groups in total. The fourth-order valence-corrected chi connectivity index (χ4v) is 4.32. The van der Waals surface area contributed by atoms with Crippen LogP contribution in [0, 0.1) is 40.7 Å². The van der Waals surface area contributed by atoms with Crippen LogP contribution in [0.3, 0.4) is 0 Å². The molecule has 8 heteroatoms. The quantitative estimate of drug-likeness (QED) is 0.108. The fourth-order valence-electron chi connectivity index (χ4n) is 4.32. The van der Waals surface area contributed by atoms with Gasteiger partial charge in [-0.3, -0.25) is 0 Å². The average Bonchev–Trinajstić information content (AvgIpc) is 2.86. The monoisotopic (exact) mass is 486 g/mol. The van der Waals surface area contributed by atoms with Crippen molar-refractivity contribution in [1.29, 1.82) is 0 Å². The van der Waals surface area contributed by atoms with Crippen molar-refractivity contribution in [2.24, 2.45) is 0 Å². The van der Waals surface area contributed by atoms with Crippen LogP contribution in [-0.2, 0) is 0 Å². The van der Waals surface area contributed by atoms with E-state index in [2.05, 4.69) is 0 Å². The largest absolute Gasteiger partial charge is 0.497 e. The van der Waals surface area contributed by atoms with Gasteiger partial charge in [0.05, 0.1) is 7.11 Å². The van der Waals surface area contributed by atoms with Crippen LogP contribution in [0.4, 0.5) is 30.7 Å². The molecule has 5 aromatic carbocycles. The Balaban J connectivity index is 2.08. The van der Waals surface area contributed by atoms with E-state index in [9.17, 15) is 22.0 Å². The summed E-state index contributed by atoms with van der Waals surface area (Å²) in [4.78, 5) is 0. The third kappa shape index (κ3) is 3.48. The molecular formula is C27H13F7O. The Hall–Kier alpha value is -4.07. The number of fused-ring (bicyclic) bond motifs is 2. The van der Waals surface area contributed by atoms with E-state index in [1.54, 1.807) is 0 Å². The van der Waals surface area contributed by atoms with Crippen molar-refractivity contribution in [3.05, 3.63) is 101 Å². The number of hydrogen-bond acceptors (Lipinski definition) is 1. The topological polar surface area (TPSA) is 9.23 Å². The molecular weight excluding hydrogens is 473 g/mol. The molecule has 0 aromatic heterocycles. The van der Waals surface area contributed by atoms with Gasteiger partial charge >= 0.3 is 0 Å². The van der Waals surface area contributed by atoms with E-state index < -0.39 is 51.5 Å². The van der Waals surface area contributed by atoms with Gasteiger partial charge in [0.2, 0.25) is 0 Å². The molecule has 0 saturated heterocycles. The Labute approximate surface area is 194 Å². The molecule has 5 aromatic rings. The van der Waals surface area contributed by atoms with Crippen LogP contribution in [0.25, 0.3) is 43.8 Å². The molecule has 5 rings (SSSR count). The summed E-state index contributed by atoms with van der Waals surface area (Å²) in [6.07, 6.45) is 0. The number of hydrogen-bond donors (Lipinski definition) is 0. The summed E-state index contributed by atoms with van der Waals surface area (Å²) in [6, 6.07) is 11.8. The predicted molar refractivity (Wildman–Crippen MR) is 119 cm³/mol. The lowest BCUT2D eigenvalue weighted by molar-refractivity contribution is 0.415. The lowest BCUT2D eigenvalue weighted by Crippen LogP contribution is -2.03. The molecule has 1 nitrogen and oxygen atoms in total. The predicted octanol–water partition coefficient (Wildman–Crippen LogP) is 8.31. The standard InChI is InChI=1S/C27H13F7O/c1-35-15-6-2-12(3-7-15)20-17-11-14(28)5-8-16(17)21(13-4-9-18(29)19(30)10-13)23-22(20)24(31)26(33)27(34)25(23)32/h2-11H,1H3. The summed E-state index contributed by atoms with van der Waals surface area (Å²) in [6.45, 7) is 0. The van der Waals surface area contributed by atoms with E-state index >= 15 is 8.78 Å². The van der Waals surface area contributed by atoms with Crippen molar-refractivity contribution in [3.8, 4) is 28.0 Å². The first kappa shape index (κ1) is 22.7. The Bertz CT molecular complexity index is 1640. The second-order valence-electron chi connectivity index (χ2n) is 7.80. The average molecular weight is 486 g/mol. The Kier molecular flexibility index (Phi) is 5.39. The highest BCUT2D eigenvalue weighted by Crippen LogP contribution is 2.47. The number of rotatable bonds is 3. The molecule has 0 aliphatic rings. The van der Waals surface area contributed by atoms with Crippen LogP contribution in [0.1, 0.15) is 0 Å². The SMILES string of the molecule is COc1ccc(-c2c3cc(F)ccc3c(-c3ccc(F)c(F)c3)c3c(F)c(F)c(F)c(F)c23)cc1. The van der Waals surface area contributed by atoms with Gasteiger partial charge in [-0.15, -0.1) is 0 Å². The second-order valence-corrected chi connectivity index (χ2v) is 7.80. The Morgan fingerprint density at radius 1 is 0.514 bits per heavy atom. The maximum Gasteiger partial charge on any atom is 0.198 e. The molecule has 0 aliphatic carbocycles. The van der Waals surface area contributed by atoms with Crippen molar-refractivity contribution in [2.45, 2.75) is 0 Å². The molecule has 0 saturated carbocycles. The van der Waals surface area contributed by atoms with Gasteiger partial charge < -0.3 is 4.74 Å². The highest BCUT2D eigenvalue weighted by atomic mass is 19.2. The number of halogens is 7. The summed E-state index contributed by atoms with van der Waals surface area (Å²) >= 11 is 0. The molecule has 35 heavy (non-hydrogen) atoms. The third-order valence-corrected chi connectivity index (χ3v) is 5.87. The molecule has 0 radical (unpaired) electrons. The summed E-state index contributed by atoms with van der Waals surface area (Å²) in [5.74, 6) is -10.4. The van der Waals surface area contributed by atoms with E-state index in [1.807, 2.05) is 0 Å². The minimum atomic E-state index is -2.07. The van der Waals surface area contributed by atoms with Gasteiger partial charge in [-0.1, -0.05) is 24.3 Å². The summed E-state index contributed by atoms with van der Waals surface area (Å²) < 4.78 is 107. The third-order valence-electron chi connectivity index (χ3n) is 5.87. The lowest BCUT2D eigenvalue weighted by Gasteiger charge is -2.19. The van der Waals surface area contributed by atoms with E-state index in [0.29, 0.717) is 5.75 Å². The molecule has 0 fully saturated rings. The highest BCUT2D eigenvalue weighted by Gasteiger charge is 2.28. The van der Waals surface area contributed by atoms with Crippen LogP contribution >= 0.6 is 0 Å². The normalized spacial score (nSPS) is 11.4. The number of methoxy groups -OCH3 is 1. The van der Waals surface area contributed by atoms with Crippen molar-refractivity contribution < 1.29 is 35.5 Å². The van der Waals surface area contributed by atoms with Gasteiger partial charge in [-0.25, -0.2) is 30.7 Å². The fraction of sp³-hybridized carbons (Fsp3) is 0.0370. The zero-order valence-corrected chi connectivity index (χ0v) is 17.8. The van der Waals surface area contributed by atoms with E-state index in [0.717, 1.165) is 30.3 Å². The first-order valence-electron chi connectivity index (χ1n) is 10.2. The first-order chi connectivity index (χ1) is 16.7. The summed E-state index contributed by atoms with van der Waals surface area (Å²) in [5, 5.41) is -1.27. The maximum absolute atomic E-state index is 15.4. The molecule has 176 valence electrons. The molecule has 0 spiro atoms. The van der Waals surface area contributed by atoms with Gasteiger partial charge in [0, 0.05) is 21.9 Å². The van der Waals surface area contributed by atoms with Gasteiger partial charge in [0.1, 0.15) is 11.6 Å². The highest BCUT2D eigenvalue weighted by molar-refractivity contribution is 6.21. The Morgan fingerprint density at radius 2 is 1.09 bits per heavy atom. The molecule has 0 amide bonds. The molecule has 0 bridgehead atoms. The molecule has 0 atom stereocenters. The van der Waals surface area contributed by atoms with Crippen LogP contribution < -0.4 is 4.74 Å². The van der Waals surface area contributed by atoms with Gasteiger partial charge in [-0.2, -0.15) is 0 Å². The number of benzene rings is 5. The van der Waals surface area contributed by atoms with Crippen molar-refractivity contribution in [1.82, 2.24) is 0 Å². The lowest BCUT2D eigenvalue weighted by atomic mass is 9.85. The number of ether oxygens (including phenoxy) is 1. The van der Waals surface area contributed by atoms with Crippen LogP contribution in [0.2, 0.25) is 0 Å². The minimum Gasteiger partial charge on any atom is -0.497 e. The smallest absolute Gasteiger partial charge is 0.198 e. The van der Waals surface area contributed by atoms with Crippen molar-refractivity contribution >= 4 is 21.5 Å². The second kappa shape index (κ2) is 8.30. The minimum absolute atomic E-state index is 0.0201. The summed E-state index contributed by atoms with van der Waals surface area (Å²) in [7, 11) is 1.42. The van der Waals surface area contributed by atoms with Crippen LogP contribution in [0.5, 0.6) is 5.75 Å².